The van der Waals surface area contributed by atoms with Gasteiger partial charge in [-0.1, -0.05) is 30.3 Å². The van der Waals surface area contributed by atoms with Gasteiger partial charge in [0.15, 0.2) is 5.96 Å². The van der Waals surface area contributed by atoms with Crippen LogP contribution < -0.4 is 15.5 Å². The first-order valence-electron chi connectivity index (χ1n) is 12.2. The Hall–Kier alpha value is -1.87. The van der Waals surface area contributed by atoms with Gasteiger partial charge < -0.3 is 20.3 Å². The van der Waals surface area contributed by atoms with Crippen molar-refractivity contribution in [1.82, 2.24) is 15.6 Å². The van der Waals surface area contributed by atoms with Crippen LogP contribution in [0.2, 0.25) is 0 Å². The van der Waals surface area contributed by atoms with Gasteiger partial charge in [0, 0.05) is 45.0 Å². The number of rotatable bonds is 8. The molecule has 0 amide bonds. The predicted octanol–water partition coefficient (Wildman–Crippen LogP) is 4.71. The molecular formula is C26H38IN5O. The maximum Gasteiger partial charge on any atom is 0.191 e. The van der Waals surface area contributed by atoms with Gasteiger partial charge in [-0.05, 0) is 68.7 Å². The lowest BCUT2D eigenvalue weighted by Crippen LogP contribution is -2.49. The van der Waals surface area contributed by atoms with E-state index in [4.69, 9.17) is 9.73 Å². The number of aliphatic imine (C=N–C) groups is 1. The zero-order valence-electron chi connectivity index (χ0n) is 19.7. The van der Waals surface area contributed by atoms with Gasteiger partial charge >= 0.3 is 0 Å². The third-order valence-corrected chi connectivity index (χ3v) is 6.36. The van der Waals surface area contributed by atoms with Crippen molar-refractivity contribution >= 4 is 35.8 Å². The van der Waals surface area contributed by atoms with E-state index in [0.717, 1.165) is 70.2 Å². The molecule has 6 nitrogen and oxygen atoms in total. The van der Waals surface area contributed by atoms with Crippen molar-refractivity contribution in [2.75, 3.05) is 37.7 Å². The number of hydrogen-bond acceptors (Lipinski definition) is 4. The topological polar surface area (TPSA) is 61.8 Å². The Morgan fingerprint density at radius 2 is 1.94 bits per heavy atom. The quantitative estimate of drug-likeness (QED) is 0.211. The molecule has 1 aliphatic carbocycles. The molecule has 1 aliphatic heterocycles. The standard InChI is InChI=1S/C26H37N5O.HI/c1-2-27-26(30-22-14-18-31(19-15-22)25-13-5-6-16-28-25)29-17-8-20-32-24-12-7-10-21-9-3-4-11-23(21)24;/h3-6,9,11,13,16,22,24H,2,7-8,10,12,14-15,17-20H2,1H3,(H2,27,29,30);1H. The third-order valence-electron chi connectivity index (χ3n) is 6.36. The van der Waals surface area contributed by atoms with Crippen LogP contribution in [0, 0.1) is 0 Å². The molecule has 1 aromatic heterocycles. The number of aryl methyl sites for hydroxylation is 1. The summed E-state index contributed by atoms with van der Waals surface area (Å²) < 4.78 is 6.23. The number of hydrogen-bond donors (Lipinski definition) is 2. The van der Waals surface area contributed by atoms with E-state index in [1.807, 2.05) is 12.3 Å². The number of fused-ring (bicyclic) bond motifs is 1. The first-order valence-corrected chi connectivity index (χ1v) is 12.2. The molecule has 2 aliphatic rings. The molecule has 0 bridgehead atoms. The summed E-state index contributed by atoms with van der Waals surface area (Å²) in [6.45, 7) is 6.55. The predicted molar refractivity (Wildman–Crippen MR) is 147 cm³/mol. The molecule has 7 heteroatoms. The lowest BCUT2D eigenvalue weighted by molar-refractivity contribution is 0.0403. The van der Waals surface area contributed by atoms with Crippen molar-refractivity contribution < 1.29 is 4.74 Å². The molecule has 1 saturated heterocycles. The molecule has 180 valence electrons. The van der Waals surface area contributed by atoms with Crippen LogP contribution in [0.1, 0.15) is 56.3 Å². The third kappa shape index (κ3) is 7.57. The second kappa shape index (κ2) is 13.7. The fraction of sp³-hybridized carbons (Fsp3) is 0.538. The Bertz CT molecular complexity index is 855. The number of aromatic nitrogens is 1. The molecule has 2 heterocycles. The van der Waals surface area contributed by atoms with E-state index in [9.17, 15) is 0 Å². The number of anilines is 1. The number of nitrogens with one attached hydrogen (secondary N) is 2. The largest absolute Gasteiger partial charge is 0.373 e. The number of pyridine rings is 1. The number of guanidine groups is 1. The molecule has 1 aromatic carbocycles. The summed E-state index contributed by atoms with van der Waals surface area (Å²) >= 11 is 0. The molecule has 0 radical (unpaired) electrons. The summed E-state index contributed by atoms with van der Waals surface area (Å²) in [4.78, 5) is 11.6. The van der Waals surface area contributed by atoms with Crippen molar-refractivity contribution in [3.63, 3.8) is 0 Å². The van der Waals surface area contributed by atoms with E-state index in [1.54, 1.807) is 0 Å². The number of nitrogens with zero attached hydrogens (tertiary/aromatic N) is 3. The Morgan fingerprint density at radius 1 is 1.12 bits per heavy atom. The molecule has 1 unspecified atom stereocenters. The van der Waals surface area contributed by atoms with Gasteiger partial charge in [-0.3, -0.25) is 4.99 Å². The van der Waals surface area contributed by atoms with Gasteiger partial charge in [-0.25, -0.2) is 4.98 Å². The highest BCUT2D eigenvalue weighted by Gasteiger charge is 2.21. The van der Waals surface area contributed by atoms with Crippen LogP contribution in [0.3, 0.4) is 0 Å². The van der Waals surface area contributed by atoms with Crippen LogP contribution >= 0.6 is 24.0 Å². The number of benzene rings is 1. The Morgan fingerprint density at radius 3 is 2.73 bits per heavy atom. The summed E-state index contributed by atoms with van der Waals surface area (Å²) in [6.07, 6.45) is 8.75. The minimum Gasteiger partial charge on any atom is -0.373 e. The van der Waals surface area contributed by atoms with Crippen LogP contribution in [0.5, 0.6) is 0 Å². The van der Waals surface area contributed by atoms with Gasteiger partial charge in [0.25, 0.3) is 0 Å². The maximum atomic E-state index is 6.23. The highest BCUT2D eigenvalue weighted by molar-refractivity contribution is 14.0. The summed E-state index contributed by atoms with van der Waals surface area (Å²) in [6, 6.07) is 15.3. The fourth-order valence-corrected chi connectivity index (χ4v) is 4.67. The first kappa shape index (κ1) is 25.7. The van der Waals surface area contributed by atoms with E-state index in [2.05, 4.69) is 63.8 Å². The van der Waals surface area contributed by atoms with Crippen molar-refractivity contribution in [2.45, 2.75) is 57.6 Å². The second-order valence-corrected chi connectivity index (χ2v) is 8.66. The van der Waals surface area contributed by atoms with Crippen molar-refractivity contribution in [1.29, 1.82) is 0 Å². The summed E-state index contributed by atoms with van der Waals surface area (Å²) in [5.41, 5.74) is 2.84. The summed E-state index contributed by atoms with van der Waals surface area (Å²) in [7, 11) is 0. The molecule has 0 saturated carbocycles. The van der Waals surface area contributed by atoms with Gasteiger partial charge in [0.05, 0.1) is 6.10 Å². The average Bonchev–Trinajstić information content (AvgIpc) is 2.85. The molecule has 4 rings (SSSR count). The molecule has 1 fully saturated rings. The Kier molecular flexibility index (Phi) is 10.7. The number of ether oxygens (including phenoxy) is 1. The Labute approximate surface area is 215 Å². The van der Waals surface area contributed by atoms with E-state index in [0.29, 0.717) is 6.04 Å². The van der Waals surface area contributed by atoms with Crippen molar-refractivity contribution in [2.24, 2.45) is 4.99 Å². The van der Waals surface area contributed by atoms with E-state index in [-0.39, 0.29) is 30.1 Å². The number of halogens is 1. The number of piperidine rings is 1. The van der Waals surface area contributed by atoms with Crippen LogP contribution in [0.4, 0.5) is 5.82 Å². The minimum absolute atomic E-state index is 0. The van der Waals surface area contributed by atoms with Crippen LogP contribution in [0.25, 0.3) is 0 Å². The highest BCUT2D eigenvalue weighted by atomic mass is 127. The van der Waals surface area contributed by atoms with E-state index in [1.165, 1.54) is 24.0 Å². The molecular weight excluding hydrogens is 525 g/mol. The normalized spacial score (nSPS) is 18.9. The zero-order valence-corrected chi connectivity index (χ0v) is 22.0. The van der Waals surface area contributed by atoms with Gasteiger partial charge in [0.1, 0.15) is 5.82 Å². The highest BCUT2D eigenvalue weighted by Crippen LogP contribution is 2.32. The molecule has 33 heavy (non-hydrogen) atoms. The maximum absolute atomic E-state index is 6.23. The van der Waals surface area contributed by atoms with E-state index >= 15 is 0 Å². The molecule has 2 N–H and O–H groups in total. The van der Waals surface area contributed by atoms with Crippen LogP contribution in [0.15, 0.2) is 53.7 Å². The Balaban J connectivity index is 0.00000306. The van der Waals surface area contributed by atoms with E-state index < -0.39 is 0 Å². The van der Waals surface area contributed by atoms with Crippen molar-refractivity contribution in [3.05, 3.63) is 59.8 Å². The first-order chi connectivity index (χ1) is 15.8. The van der Waals surface area contributed by atoms with Gasteiger partial charge in [0.2, 0.25) is 0 Å². The molecule has 0 spiro atoms. The average molecular weight is 564 g/mol. The lowest BCUT2D eigenvalue weighted by atomic mass is 9.89. The van der Waals surface area contributed by atoms with Gasteiger partial charge in [-0.2, -0.15) is 0 Å². The van der Waals surface area contributed by atoms with Crippen molar-refractivity contribution in [3.8, 4) is 0 Å². The summed E-state index contributed by atoms with van der Waals surface area (Å²) in [5, 5.41) is 7.03. The van der Waals surface area contributed by atoms with Crippen LogP contribution in [-0.4, -0.2) is 49.8 Å². The lowest BCUT2D eigenvalue weighted by Gasteiger charge is -2.33. The SMILES string of the molecule is CCNC(=NCCCOC1CCCc2ccccc21)NC1CCN(c2ccccn2)CC1.I. The summed E-state index contributed by atoms with van der Waals surface area (Å²) in [5.74, 6) is 2.00. The molecule has 2 aromatic rings. The fourth-order valence-electron chi connectivity index (χ4n) is 4.67. The van der Waals surface area contributed by atoms with Gasteiger partial charge in [-0.15, -0.1) is 24.0 Å². The minimum atomic E-state index is 0. The zero-order chi connectivity index (χ0) is 22.0. The second-order valence-electron chi connectivity index (χ2n) is 8.66. The monoisotopic (exact) mass is 563 g/mol. The molecule has 1 atom stereocenters. The smallest absolute Gasteiger partial charge is 0.191 e. The van der Waals surface area contributed by atoms with Crippen LogP contribution in [-0.2, 0) is 11.2 Å².